The van der Waals surface area contributed by atoms with E-state index in [9.17, 15) is 9.59 Å². The number of rotatable bonds is 3. The third kappa shape index (κ3) is 3.43. The van der Waals surface area contributed by atoms with Crippen molar-refractivity contribution in [3.8, 4) is 0 Å². The molecule has 1 saturated carbocycles. The van der Waals surface area contributed by atoms with Gasteiger partial charge in [0.1, 0.15) is 5.54 Å². The Morgan fingerprint density at radius 1 is 1.29 bits per heavy atom. The molecule has 17 heavy (non-hydrogen) atoms. The van der Waals surface area contributed by atoms with E-state index in [1.54, 1.807) is 13.8 Å². The van der Waals surface area contributed by atoms with Crippen LogP contribution in [-0.4, -0.2) is 23.4 Å². The second-order valence-corrected chi connectivity index (χ2v) is 5.63. The van der Waals surface area contributed by atoms with Gasteiger partial charge in [0.25, 0.3) is 0 Å². The van der Waals surface area contributed by atoms with Gasteiger partial charge in [-0.15, -0.1) is 0 Å². The van der Waals surface area contributed by atoms with Crippen molar-refractivity contribution < 1.29 is 9.59 Å². The number of amides is 2. The highest BCUT2D eigenvalue weighted by Gasteiger charge is 2.34. The van der Waals surface area contributed by atoms with E-state index >= 15 is 0 Å². The van der Waals surface area contributed by atoms with Crippen LogP contribution in [0, 0.1) is 11.8 Å². The highest BCUT2D eigenvalue weighted by atomic mass is 16.2. The summed E-state index contributed by atoms with van der Waals surface area (Å²) in [5, 5.41) is 2.71. The lowest BCUT2D eigenvalue weighted by atomic mass is 9.78. The Bertz CT molecular complexity index is 315. The summed E-state index contributed by atoms with van der Waals surface area (Å²) in [4.78, 5) is 23.2. The number of primary amides is 1. The van der Waals surface area contributed by atoms with Crippen LogP contribution >= 0.6 is 0 Å². The van der Waals surface area contributed by atoms with Crippen LogP contribution in [0.1, 0.15) is 40.0 Å². The van der Waals surface area contributed by atoms with Gasteiger partial charge in [0.2, 0.25) is 11.8 Å². The monoisotopic (exact) mass is 241 g/mol. The van der Waals surface area contributed by atoms with Crippen LogP contribution in [0.5, 0.6) is 0 Å². The Kier molecular flexibility index (Phi) is 4.14. The van der Waals surface area contributed by atoms with Crippen molar-refractivity contribution in [1.29, 1.82) is 0 Å². The minimum absolute atomic E-state index is 0.0524. The van der Waals surface area contributed by atoms with Crippen molar-refractivity contribution in [3.63, 3.8) is 0 Å². The maximum Gasteiger partial charge on any atom is 0.242 e. The summed E-state index contributed by atoms with van der Waals surface area (Å²) < 4.78 is 0. The fourth-order valence-corrected chi connectivity index (χ4v) is 2.13. The van der Waals surface area contributed by atoms with Crippen LogP contribution in [0.4, 0.5) is 0 Å². The standard InChI is InChI=1S/C12H23N3O2/c1-7-6-8(4-5-9(7)13)10(16)15-12(2,3)11(14)17/h7-9H,4-6,13H2,1-3H3,(H2,14,17)(H,15,16). The van der Waals surface area contributed by atoms with Crippen LogP contribution in [0.3, 0.4) is 0 Å². The summed E-state index contributed by atoms with van der Waals surface area (Å²) in [7, 11) is 0. The van der Waals surface area contributed by atoms with Gasteiger partial charge in [-0.25, -0.2) is 0 Å². The second-order valence-electron chi connectivity index (χ2n) is 5.63. The highest BCUT2D eigenvalue weighted by Crippen LogP contribution is 2.28. The van der Waals surface area contributed by atoms with Gasteiger partial charge in [-0.05, 0) is 39.0 Å². The molecule has 0 spiro atoms. The van der Waals surface area contributed by atoms with Gasteiger partial charge in [0, 0.05) is 12.0 Å². The quantitative estimate of drug-likeness (QED) is 0.655. The SMILES string of the molecule is CC1CC(C(=O)NC(C)(C)C(N)=O)CCC1N. The molecule has 2 amide bonds. The van der Waals surface area contributed by atoms with E-state index in [0.717, 1.165) is 19.3 Å². The summed E-state index contributed by atoms with van der Waals surface area (Å²) in [5.74, 6) is -0.321. The van der Waals surface area contributed by atoms with Crippen molar-refractivity contribution >= 4 is 11.8 Å². The van der Waals surface area contributed by atoms with E-state index < -0.39 is 11.4 Å². The number of nitrogens with one attached hydrogen (secondary N) is 1. The average molecular weight is 241 g/mol. The molecule has 1 aliphatic rings. The molecule has 5 N–H and O–H groups in total. The minimum atomic E-state index is -0.986. The molecule has 0 heterocycles. The summed E-state index contributed by atoms with van der Waals surface area (Å²) in [6.45, 7) is 5.29. The zero-order valence-corrected chi connectivity index (χ0v) is 10.8. The third-order valence-electron chi connectivity index (χ3n) is 3.66. The van der Waals surface area contributed by atoms with Crippen LogP contribution in [-0.2, 0) is 9.59 Å². The Hall–Kier alpha value is -1.10. The van der Waals surface area contributed by atoms with Gasteiger partial charge in [0.05, 0.1) is 0 Å². The fourth-order valence-electron chi connectivity index (χ4n) is 2.13. The summed E-state index contributed by atoms with van der Waals surface area (Å²) in [5.41, 5.74) is 10.1. The Balaban J connectivity index is 2.57. The first-order valence-corrected chi connectivity index (χ1v) is 6.11. The lowest BCUT2D eigenvalue weighted by Crippen LogP contribution is -2.55. The molecule has 0 aromatic carbocycles. The van der Waals surface area contributed by atoms with Crippen molar-refractivity contribution in [1.82, 2.24) is 5.32 Å². The molecule has 0 saturated heterocycles. The maximum atomic E-state index is 12.0. The first kappa shape index (κ1) is 14.0. The normalized spacial score (nSPS) is 29.8. The van der Waals surface area contributed by atoms with E-state index in [1.165, 1.54) is 0 Å². The van der Waals surface area contributed by atoms with Crippen LogP contribution in [0.25, 0.3) is 0 Å². The van der Waals surface area contributed by atoms with Gasteiger partial charge in [0.15, 0.2) is 0 Å². The zero-order valence-electron chi connectivity index (χ0n) is 10.8. The third-order valence-corrected chi connectivity index (χ3v) is 3.66. The molecule has 3 atom stereocenters. The van der Waals surface area contributed by atoms with Crippen molar-refractivity contribution in [2.75, 3.05) is 0 Å². The second kappa shape index (κ2) is 5.04. The number of carbonyl (C=O) groups excluding carboxylic acids is 2. The van der Waals surface area contributed by atoms with Gasteiger partial charge in [-0.3, -0.25) is 9.59 Å². The first-order valence-electron chi connectivity index (χ1n) is 6.11. The van der Waals surface area contributed by atoms with E-state index in [4.69, 9.17) is 11.5 Å². The van der Waals surface area contributed by atoms with E-state index in [2.05, 4.69) is 12.2 Å². The summed E-state index contributed by atoms with van der Waals surface area (Å²) in [6.07, 6.45) is 2.42. The van der Waals surface area contributed by atoms with Crippen molar-refractivity contribution in [2.24, 2.45) is 23.3 Å². The van der Waals surface area contributed by atoms with Crippen LogP contribution in [0.15, 0.2) is 0 Å². The van der Waals surface area contributed by atoms with Gasteiger partial charge in [-0.1, -0.05) is 6.92 Å². The van der Waals surface area contributed by atoms with E-state index in [0.29, 0.717) is 5.92 Å². The lowest BCUT2D eigenvalue weighted by molar-refractivity contribution is -0.133. The topological polar surface area (TPSA) is 98.2 Å². The minimum Gasteiger partial charge on any atom is -0.368 e. The van der Waals surface area contributed by atoms with Gasteiger partial charge >= 0.3 is 0 Å². The van der Waals surface area contributed by atoms with Crippen molar-refractivity contribution in [3.05, 3.63) is 0 Å². The number of nitrogens with two attached hydrogens (primary N) is 2. The number of hydrogen-bond acceptors (Lipinski definition) is 3. The summed E-state index contributed by atoms with van der Waals surface area (Å²) >= 11 is 0. The lowest BCUT2D eigenvalue weighted by Gasteiger charge is -2.33. The molecule has 1 rings (SSSR count). The molecule has 5 heteroatoms. The molecule has 0 aromatic rings. The Labute approximate surface area is 102 Å². The van der Waals surface area contributed by atoms with Gasteiger partial charge < -0.3 is 16.8 Å². The van der Waals surface area contributed by atoms with Gasteiger partial charge in [-0.2, -0.15) is 0 Å². The van der Waals surface area contributed by atoms with Crippen molar-refractivity contribution in [2.45, 2.75) is 51.6 Å². The molecule has 1 aliphatic carbocycles. The molecule has 0 aromatic heterocycles. The highest BCUT2D eigenvalue weighted by molar-refractivity contribution is 5.90. The molecule has 0 radical (unpaired) electrons. The maximum absolute atomic E-state index is 12.0. The summed E-state index contributed by atoms with van der Waals surface area (Å²) in [6, 6.07) is 0.184. The van der Waals surface area contributed by atoms with E-state index in [-0.39, 0.29) is 17.9 Å². The first-order chi connectivity index (χ1) is 7.74. The largest absolute Gasteiger partial charge is 0.368 e. The molecule has 1 fully saturated rings. The average Bonchev–Trinajstić information content (AvgIpc) is 2.21. The number of hydrogen-bond donors (Lipinski definition) is 3. The molecular weight excluding hydrogens is 218 g/mol. The van der Waals surface area contributed by atoms with Crippen LogP contribution in [0.2, 0.25) is 0 Å². The molecule has 98 valence electrons. The Morgan fingerprint density at radius 3 is 2.35 bits per heavy atom. The zero-order chi connectivity index (χ0) is 13.2. The molecule has 3 unspecified atom stereocenters. The van der Waals surface area contributed by atoms with Crippen LogP contribution < -0.4 is 16.8 Å². The number of carbonyl (C=O) groups is 2. The van der Waals surface area contributed by atoms with E-state index in [1.807, 2.05) is 0 Å². The molecular formula is C12H23N3O2. The predicted octanol–water partition coefficient (Wildman–Crippen LogP) is 0.130. The predicted molar refractivity (Wildman–Crippen MR) is 65.9 cm³/mol. The fraction of sp³-hybridized carbons (Fsp3) is 0.833. The molecule has 5 nitrogen and oxygen atoms in total. The molecule has 0 bridgehead atoms. The Morgan fingerprint density at radius 2 is 1.88 bits per heavy atom. The smallest absolute Gasteiger partial charge is 0.242 e. The molecule has 0 aliphatic heterocycles.